The van der Waals surface area contributed by atoms with Gasteiger partial charge in [0.25, 0.3) is 10.0 Å². The first kappa shape index (κ1) is 16.0. The lowest BCUT2D eigenvalue weighted by Gasteiger charge is -2.08. The van der Waals surface area contributed by atoms with Crippen LogP contribution in [0.2, 0.25) is 0 Å². The van der Waals surface area contributed by atoms with Gasteiger partial charge in [0.2, 0.25) is 17.7 Å². The lowest BCUT2D eigenvalue weighted by molar-refractivity contribution is 0.373. The SMILES string of the molecule is COc1cc(OC)nc(NS(=O)(=O)c2cnn(C(C)C)c2)n1. The number of anilines is 1. The van der Waals surface area contributed by atoms with Gasteiger partial charge in [0.1, 0.15) is 4.90 Å². The molecule has 0 spiro atoms. The van der Waals surface area contributed by atoms with E-state index < -0.39 is 10.0 Å². The molecule has 2 rings (SSSR count). The van der Waals surface area contributed by atoms with Crippen LogP contribution in [0.3, 0.4) is 0 Å². The van der Waals surface area contributed by atoms with E-state index in [1.54, 1.807) is 4.68 Å². The molecule has 0 aliphatic carbocycles. The molecule has 0 aromatic carbocycles. The summed E-state index contributed by atoms with van der Waals surface area (Å²) in [7, 11) is -1.03. The van der Waals surface area contributed by atoms with Gasteiger partial charge in [-0.3, -0.25) is 4.68 Å². The molecule has 0 aliphatic rings. The van der Waals surface area contributed by atoms with Gasteiger partial charge in [-0.25, -0.2) is 13.1 Å². The fourth-order valence-corrected chi connectivity index (χ4v) is 2.46. The average Bonchev–Trinajstić information content (AvgIpc) is 2.97. The fourth-order valence-electron chi connectivity index (χ4n) is 1.58. The Bertz CT molecular complexity index is 734. The van der Waals surface area contributed by atoms with Crippen LogP contribution in [0.4, 0.5) is 5.95 Å². The number of ether oxygens (including phenoxy) is 2. The maximum atomic E-state index is 12.3. The number of nitrogens with one attached hydrogen (secondary N) is 1. The van der Waals surface area contributed by atoms with Crippen molar-refractivity contribution in [2.45, 2.75) is 24.8 Å². The molecule has 9 nitrogen and oxygen atoms in total. The summed E-state index contributed by atoms with van der Waals surface area (Å²) >= 11 is 0. The van der Waals surface area contributed by atoms with E-state index >= 15 is 0 Å². The minimum absolute atomic E-state index is 0.0200. The molecular formula is C12H17N5O4S. The molecule has 0 saturated heterocycles. The van der Waals surface area contributed by atoms with Crippen molar-refractivity contribution in [3.8, 4) is 11.8 Å². The summed E-state index contributed by atoms with van der Waals surface area (Å²) in [5.74, 6) is 0.221. The highest BCUT2D eigenvalue weighted by Gasteiger charge is 2.19. The molecule has 0 unspecified atom stereocenters. The van der Waals surface area contributed by atoms with E-state index in [1.807, 2.05) is 13.8 Å². The topological polar surface area (TPSA) is 108 Å². The van der Waals surface area contributed by atoms with Gasteiger partial charge >= 0.3 is 0 Å². The van der Waals surface area contributed by atoms with E-state index in [-0.39, 0.29) is 28.6 Å². The smallest absolute Gasteiger partial charge is 0.267 e. The normalized spacial score (nSPS) is 11.5. The number of hydrogen-bond acceptors (Lipinski definition) is 7. The third kappa shape index (κ3) is 3.45. The lowest BCUT2D eigenvalue weighted by Crippen LogP contribution is -2.15. The molecule has 2 aromatic rings. The molecule has 2 aromatic heterocycles. The minimum atomic E-state index is -3.85. The highest BCUT2D eigenvalue weighted by molar-refractivity contribution is 7.92. The Hall–Kier alpha value is -2.36. The maximum Gasteiger partial charge on any atom is 0.267 e. The zero-order valence-corrected chi connectivity index (χ0v) is 13.5. The van der Waals surface area contributed by atoms with E-state index in [0.717, 1.165) is 0 Å². The van der Waals surface area contributed by atoms with Crippen LogP contribution in [0.1, 0.15) is 19.9 Å². The number of rotatable bonds is 6. The second kappa shape index (κ2) is 6.18. The summed E-state index contributed by atoms with van der Waals surface area (Å²) in [6.07, 6.45) is 2.70. The molecule has 0 aliphatic heterocycles. The van der Waals surface area contributed by atoms with Crippen LogP contribution in [-0.2, 0) is 10.0 Å². The number of nitrogens with zero attached hydrogens (tertiary/aromatic N) is 4. The molecule has 10 heteroatoms. The Morgan fingerprint density at radius 2 is 1.77 bits per heavy atom. The molecule has 120 valence electrons. The Balaban J connectivity index is 2.31. The molecule has 0 bridgehead atoms. The Labute approximate surface area is 128 Å². The van der Waals surface area contributed by atoms with Gasteiger partial charge in [0, 0.05) is 12.2 Å². The van der Waals surface area contributed by atoms with Gasteiger partial charge in [-0.15, -0.1) is 0 Å². The minimum Gasteiger partial charge on any atom is -0.481 e. The summed E-state index contributed by atoms with van der Waals surface area (Å²) in [4.78, 5) is 7.86. The molecule has 0 saturated carbocycles. The van der Waals surface area contributed by atoms with E-state index in [4.69, 9.17) is 9.47 Å². The summed E-state index contributed by atoms with van der Waals surface area (Å²) in [5, 5.41) is 4.00. The quantitative estimate of drug-likeness (QED) is 0.845. The molecule has 0 radical (unpaired) electrons. The van der Waals surface area contributed by atoms with Gasteiger partial charge in [0.05, 0.1) is 26.5 Å². The number of methoxy groups -OCH3 is 2. The molecule has 1 N–H and O–H groups in total. The van der Waals surface area contributed by atoms with Crippen molar-refractivity contribution in [1.82, 2.24) is 19.7 Å². The van der Waals surface area contributed by atoms with Crippen LogP contribution >= 0.6 is 0 Å². The third-order valence-corrected chi connectivity index (χ3v) is 4.02. The van der Waals surface area contributed by atoms with Gasteiger partial charge in [-0.05, 0) is 13.8 Å². The summed E-state index contributed by atoms with van der Waals surface area (Å²) in [5.41, 5.74) is 0. The summed E-state index contributed by atoms with van der Waals surface area (Å²) in [6.45, 7) is 3.79. The van der Waals surface area contributed by atoms with Crippen molar-refractivity contribution in [1.29, 1.82) is 0 Å². The largest absolute Gasteiger partial charge is 0.481 e. The van der Waals surface area contributed by atoms with Crippen LogP contribution in [0, 0.1) is 0 Å². The Morgan fingerprint density at radius 3 is 2.23 bits per heavy atom. The monoisotopic (exact) mass is 327 g/mol. The maximum absolute atomic E-state index is 12.3. The molecule has 0 fully saturated rings. The van der Waals surface area contributed by atoms with E-state index in [0.29, 0.717) is 0 Å². The third-order valence-electron chi connectivity index (χ3n) is 2.74. The van der Waals surface area contributed by atoms with Crippen molar-refractivity contribution < 1.29 is 17.9 Å². The van der Waals surface area contributed by atoms with Crippen molar-refractivity contribution in [3.05, 3.63) is 18.5 Å². The van der Waals surface area contributed by atoms with Crippen LogP contribution in [0.5, 0.6) is 11.8 Å². The predicted molar refractivity (Wildman–Crippen MR) is 78.6 cm³/mol. The zero-order valence-electron chi connectivity index (χ0n) is 12.6. The van der Waals surface area contributed by atoms with E-state index in [9.17, 15) is 8.42 Å². The molecule has 0 atom stereocenters. The predicted octanol–water partition coefficient (Wildman–Crippen LogP) is 1.07. The van der Waals surface area contributed by atoms with Crippen LogP contribution in [0.15, 0.2) is 23.4 Å². The van der Waals surface area contributed by atoms with Crippen molar-refractivity contribution in [3.63, 3.8) is 0 Å². The average molecular weight is 327 g/mol. The van der Waals surface area contributed by atoms with Crippen molar-refractivity contribution in [2.24, 2.45) is 0 Å². The zero-order chi connectivity index (χ0) is 16.3. The molecular weight excluding hydrogens is 310 g/mol. The molecule has 2 heterocycles. The van der Waals surface area contributed by atoms with Crippen LogP contribution < -0.4 is 14.2 Å². The number of aromatic nitrogens is 4. The van der Waals surface area contributed by atoms with E-state index in [1.165, 1.54) is 32.7 Å². The standard InChI is InChI=1S/C12H17N5O4S/c1-8(2)17-7-9(6-13-17)22(18,19)16-12-14-10(20-3)5-11(15-12)21-4/h5-8H,1-4H3,(H,14,15,16). The highest BCUT2D eigenvalue weighted by Crippen LogP contribution is 2.20. The second-order valence-corrected chi connectivity index (χ2v) is 6.31. The first-order chi connectivity index (χ1) is 10.4. The highest BCUT2D eigenvalue weighted by atomic mass is 32.2. The number of hydrogen-bond donors (Lipinski definition) is 1. The molecule has 22 heavy (non-hydrogen) atoms. The molecule has 0 amide bonds. The van der Waals surface area contributed by atoms with Crippen LogP contribution in [-0.4, -0.2) is 42.4 Å². The van der Waals surface area contributed by atoms with Gasteiger partial charge in [-0.1, -0.05) is 0 Å². The van der Waals surface area contributed by atoms with Gasteiger partial charge < -0.3 is 9.47 Å². The Morgan fingerprint density at radius 1 is 1.18 bits per heavy atom. The van der Waals surface area contributed by atoms with Crippen molar-refractivity contribution >= 4 is 16.0 Å². The van der Waals surface area contributed by atoms with E-state index in [2.05, 4.69) is 19.8 Å². The number of sulfonamides is 1. The van der Waals surface area contributed by atoms with Gasteiger partial charge in [-0.2, -0.15) is 15.1 Å². The summed E-state index contributed by atoms with van der Waals surface area (Å²) in [6, 6.07) is 1.49. The lowest BCUT2D eigenvalue weighted by atomic mass is 10.4. The first-order valence-corrected chi connectivity index (χ1v) is 7.88. The fraction of sp³-hybridized carbons (Fsp3) is 0.417. The Kier molecular flexibility index (Phi) is 4.50. The second-order valence-electron chi connectivity index (χ2n) is 4.63. The van der Waals surface area contributed by atoms with Crippen molar-refractivity contribution in [2.75, 3.05) is 18.9 Å². The van der Waals surface area contributed by atoms with Crippen LogP contribution in [0.25, 0.3) is 0 Å². The van der Waals surface area contributed by atoms with Gasteiger partial charge in [0.15, 0.2) is 0 Å². The first-order valence-electron chi connectivity index (χ1n) is 6.39. The summed E-state index contributed by atoms with van der Waals surface area (Å²) < 4.78 is 38.4.